The number of anilines is 1. The number of rotatable bonds is 1. The van der Waals surface area contributed by atoms with Crippen LogP contribution in [0.2, 0.25) is 0 Å². The molecule has 0 spiro atoms. The van der Waals surface area contributed by atoms with Crippen molar-refractivity contribution in [2.45, 2.75) is 13.3 Å². The summed E-state index contributed by atoms with van der Waals surface area (Å²) in [6.45, 7) is 3.29. The van der Waals surface area contributed by atoms with Gasteiger partial charge in [-0.2, -0.15) is 0 Å². The zero-order chi connectivity index (χ0) is 11.0. The number of nitrogens with zero attached hydrogens (tertiary/aromatic N) is 1. The summed E-state index contributed by atoms with van der Waals surface area (Å²) in [6, 6.07) is 5.71. The molecule has 3 heteroatoms. The molecule has 1 amide bonds. The van der Waals surface area contributed by atoms with Gasteiger partial charge in [0.1, 0.15) is 0 Å². The van der Waals surface area contributed by atoms with Gasteiger partial charge in [0.25, 0.3) is 0 Å². The summed E-state index contributed by atoms with van der Waals surface area (Å²) in [4.78, 5) is 13.3. The summed E-state index contributed by atoms with van der Waals surface area (Å²) in [5.41, 5.74) is 8.32. The van der Waals surface area contributed by atoms with Gasteiger partial charge in [-0.05, 0) is 36.1 Å². The minimum Gasteiger partial charge on any atom is -0.374 e. The van der Waals surface area contributed by atoms with E-state index in [1.165, 1.54) is 11.3 Å². The molecule has 1 aliphatic heterocycles. The third-order valence-corrected chi connectivity index (χ3v) is 2.93. The summed E-state index contributed by atoms with van der Waals surface area (Å²) in [6.07, 6.45) is 1.03. The molecule has 1 aliphatic rings. The Labute approximate surface area is 89.9 Å². The third-order valence-electron chi connectivity index (χ3n) is 2.93. The molecular formula is C12H16N2O. The predicted molar refractivity (Wildman–Crippen MR) is 61.1 cm³/mol. The van der Waals surface area contributed by atoms with Crippen molar-refractivity contribution in [1.29, 1.82) is 0 Å². The van der Waals surface area contributed by atoms with Crippen LogP contribution in [-0.4, -0.2) is 19.5 Å². The molecule has 0 aliphatic carbocycles. The van der Waals surface area contributed by atoms with E-state index in [4.69, 9.17) is 5.73 Å². The highest BCUT2D eigenvalue weighted by molar-refractivity contribution is 5.93. The lowest BCUT2D eigenvalue weighted by molar-refractivity contribution is 0.1000. The van der Waals surface area contributed by atoms with Crippen molar-refractivity contribution in [2.75, 3.05) is 18.5 Å². The monoisotopic (exact) mass is 204 g/mol. The SMILES string of the molecule is C[C@@H]1Cc2cc(C(N)=O)ccc2N(C)C1. The van der Waals surface area contributed by atoms with Gasteiger partial charge in [-0.3, -0.25) is 4.79 Å². The van der Waals surface area contributed by atoms with Crippen LogP contribution in [0.4, 0.5) is 5.69 Å². The lowest BCUT2D eigenvalue weighted by atomic mass is 9.93. The molecule has 0 fully saturated rings. The Kier molecular flexibility index (Phi) is 2.39. The molecule has 2 N–H and O–H groups in total. The van der Waals surface area contributed by atoms with Crippen molar-refractivity contribution in [3.8, 4) is 0 Å². The van der Waals surface area contributed by atoms with Gasteiger partial charge in [0.15, 0.2) is 0 Å². The molecule has 80 valence electrons. The second-order valence-corrected chi connectivity index (χ2v) is 4.40. The van der Waals surface area contributed by atoms with E-state index in [0.717, 1.165) is 13.0 Å². The highest BCUT2D eigenvalue weighted by Crippen LogP contribution is 2.29. The lowest BCUT2D eigenvalue weighted by Gasteiger charge is -2.31. The number of fused-ring (bicyclic) bond motifs is 1. The van der Waals surface area contributed by atoms with E-state index in [1.54, 1.807) is 6.07 Å². The summed E-state index contributed by atoms with van der Waals surface area (Å²) >= 11 is 0. The molecule has 1 aromatic carbocycles. The van der Waals surface area contributed by atoms with Crippen LogP contribution in [0.25, 0.3) is 0 Å². The van der Waals surface area contributed by atoms with E-state index in [1.807, 2.05) is 12.1 Å². The first kappa shape index (κ1) is 10.0. The normalized spacial score (nSPS) is 19.9. The first-order valence-electron chi connectivity index (χ1n) is 5.22. The highest BCUT2D eigenvalue weighted by atomic mass is 16.1. The first-order chi connectivity index (χ1) is 7.08. The van der Waals surface area contributed by atoms with Crippen molar-refractivity contribution < 1.29 is 4.79 Å². The Hall–Kier alpha value is -1.51. The largest absolute Gasteiger partial charge is 0.374 e. The molecule has 0 unspecified atom stereocenters. The standard InChI is InChI=1S/C12H16N2O/c1-8-5-10-6-9(12(13)15)3-4-11(10)14(2)7-8/h3-4,6,8H,5,7H2,1-2H3,(H2,13,15)/t8-/m1/s1. The van der Waals surface area contributed by atoms with E-state index in [9.17, 15) is 4.79 Å². The minimum atomic E-state index is -0.348. The Bertz CT molecular complexity index is 401. The fourth-order valence-corrected chi connectivity index (χ4v) is 2.28. The van der Waals surface area contributed by atoms with Gasteiger partial charge in [0.2, 0.25) is 5.91 Å². The second kappa shape index (κ2) is 3.57. The maximum absolute atomic E-state index is 11.1. The minimum absolute atomic E-state index is 0.348. The number of hydrogen-bond acceptors (Lipinski definition) is 2. The Morgan fingerprint density at radius 3 is 2.93 bits per heavy atom. The average Bonchev–Trinajstić information content (AvgIpc) is 2.16. The summed E-state index contributed by atoms with van der Waals surface area (Å²) in [7, 11) is 2.08. The molecule has 3 nitrogen and oxygen atoms in total. The number of primary amides is 1. The number of benzene rings is 1. The van der Waals surface area contributed by atoms with Gasteiger partial charge < -0.3 is 10.6 Å². The number of nitrogens with two attached hydrogens (primary N) is 1. The predicted octanol–water partition coefficient (Wildman–Crippen LogP) is 1.41. The Morgan fingerprint density at radius 1 is 1.53 bits per heavy atom. The number of carbonyl (C=O) groups is 1. The summed E-state index contributed by atoms with van der Waals surface area (Å²) in [5.74, 6) is 0.282. The molecule has 0 saturated heterocycles. The van der Waals surface area contributed by atoms with Crippen molar-refractivity contribution in [1.82, 2.24) is 0 Å². The van der Waals surface area contributed by atoms with Gasteiger partial charge in [0.05, 0.1) is 0 Å². The zero-order valence-electron chi connectivity index (χ0n) is 9.16. The molecular weight excluding hydrogens is 188 g/mol. The highest BCUT2D eigenvalue weighted by Gasteiger charge is 2.19. The molecule has 2 rings (SSSR count). The van der Waals surface area contributed by atoms with E-state index in [0.29, 0.717) is 11.5 Å². The molecule has 0 aromatic heterocycles. The van der Waals surface area contributed by atoms with Crippen LogP contribution in [0.1, 0.15) is 22.8 Å². The van der Waals surface area contributed by atoms with Crippen LogP contribution in [0, 0.1) is 5.92 Å². The van der Waals surface area contributed by atoms with Gasteiger partial charge in [-0.15, -0.1) is 0 Å². The summed E-state index contributed by atoms with van der Waals surface area (Å²) < 4.78 is 0. The smallest absolute Gasteiger partial charge is 0.248 e. The third kappa shape index (κ3) is 1.82. The van der Waals surface area contributed by atoms with Gasteiger partial charge in [0, 0.05) is 24.8 Å². The van der Waals surface area contributed by atoms with E-state index in [2.05, 4.69) is 18.9 Å². The molecule has 0 bridgehead atoms. The molecule has 1 heterocycles. The first-order valence-corrected chi connectivity index (χ1v) is 5.22. The van der Waals surface area contributed by atoms with Crippen molar-refractivity contribution in [3.63, 3.8) is 0 Å². The van der Waals surface area contributed by atoms with Gasteiger partial charge in [-0.1, -0.05) is 6.92 Å². The molecule has 15 heavy (non-hydrogen) atoms. The van der Waals surface area contributed by atoms with Crippen LogP contribution >= 0.6 is 0 Å². The zero-order valence-corrected chi connectivity index (χ0v) is 9.16. The van der Waals surface area contributed by atoms with Crippen molar-refractivity contribution in [3.05, 3.63) is 29.3 Å². The van der Waals surface area contributed by atoms with Crippen LogP contribution < -0.4 is 10.6 Å². The van der Waals surface area contributed by atoms with E-state index < -0.39 is 0 Å². The maximum atomic E-state index is 11.1. The second-order valence-electron chi connectivity index (χ2n) is 4.40. The maximum Gasteiger partial charge on any atom is 0.248 e. The fourth-order valence-electron chi connectivity index (χ4n) is 2.28. The van der Waals surface area contributed by atoms with Gasteiger partial charge in [-0.25, -0.2) is 0 Å². The lowest BCUT2D eigenvalue weighted by Crippen LogP contribution is -2.31. The van der Waals surface area contributed by atoms with Gasteiger partial charge >= 0.3 is 0 Å². The van der Waals surface area contributed by atoms with Crippen LogP contribution in [0.15, 0.2) is 18.2 Å². The van der Waals surface area contributed by atoms with Crippen molar-refractivity contribution >= 4 is 11.6 Å². The molecule has 0 radical (unpaired) electrons. The number of hydrogen-bond donors (Lipinski definition) is 1. The van der Waals surface area contributed by atoms with E-state index >= 15 is 0 Å². The van der Waals surface area contributed by atoms with Crippen LogP contribution in [-0.2, 0) is 6.42 Å². The average molecular weight is 204 g/mol. The molecule has 1 atom stereocenters. The number of amides is 1. The fraction of sp³-hybridized carbons (Fsp3) is 0.417. The van der Waals surface area contributed by atoms with E-state index in [-0.39, 0.29) is 5.91 Å². The Balaban J connectivity index is 2.43. The van der Waals surface area contributed by atoms with Crippen molar-refractivity contribution in [2.24, 2.45) is 11.7 Å². The molecule has 0 saturated carbocycles. The quantitative estimate of drug-likeness (QED) is 0.752. The topological polar surface area (TPSA) is 46.3 Å². The number of carbonyl (C=O) groups excluding carboxylic acids is 1. The molecule has 1 aromatic rings. The summed E-state index contributed by atoms with van der Waals surface area (Å²) in [5, 5.41) is 0. The van der Waals surface area contributed by atoms with Crippen LogP contribution in [0.5, 0.6) is 0 Å². The Morgan fingerprint density at radius 2 is 2.27 bits per heavy atom. The van der Waals surface area contributed by atoms with Crippen LogP contribution in [0.3, 0.4) is 0 Å².